The van der Waals surface area contributed by atoms with Crippen molar-refractivity contribution in [3.8, 4) is 5.75 Å². The predicted molar refractivity (Wildman–Crippen MR) is 112 cm³/mol. The average Bonchev–Trinajstić information content (AvgIpc) is 3.03. The Morgan fingerprint density at radius 2 is 2.14 bits per heavy atom. The van der Waals surface area contributed by atoms with Crippen LogP contribution in [0.15, 0.2) is 41.4 Å². The van der Waals surface area contributed by atoms with Gasteiger partial charge in [-0.1, -0.05) is 11.6 Å². The molecule has 1 atom stereocenters. The van der Waals surface area contributed by atoms with Crippen LogP contribution in [0, 0.1) is 12.8 Å². The van der Waals surface area contributed by atoms with Crippen LogP contribution in [0.25, 0.3) is 11.2 Å². The molecule has 154 valence electrons. The van der Waals surface area contributed by atoms with Crippen molar-refractivity contribution in [2.45, 2.75) is 31.2 Å². The highest BCUT2D eigenvalue weighted by Gasteiger charge is 2.33. The van der Waals surface area contributed by atoms with Crippen molar-refractivity contribution in [1.29, 1.82) is 0 Å². The molecule has 1 aromatic carbocycles. The molecule has 7 nitrogen and oxygen atoms in total. The van der Waals surface area contributed by atoms with Gasteiger partial charge in [0.25, 0.3) is 0 Å². The van der Waals surface area contributed by atoms with Gasteiger partial charge in [-0.15, -0.1) is 0 Å². The topological polar surface area (TPSA) is 77.3 Å². The number of sulfonamides is 1. The summed E-state index contributed by atoms with van der Waals surface area (Å²) in [7, 11) is -2.25. The third kappa shape index (κ3) is 3.84. The number of rotatable bonds is 5. The molecule has 9 heteroatoms. The molecule has 0 saturated carbocycles. The van der Waals surface area contributed by atoms with E-state index in [1.165, 1.54) is 17.5 Å². The highest BCUT2D eigenvalue weighted by atomic mass is 35.5. The molecule has 1 aliphatic rings. The monoisotopic (exact) mass is 434 g/mol. The first-order chi connectivity index (χ1) is 13.9. The molecule has 0 bridgehead atoms. The van der Waals surface area contributed by atoms with Crippen molar-refractivity contribution in [2.24, 2.45) is 5.92 Å². The second-order valence-electron chi connectivity index (χ2n) is 7.28. The fourth-order valence-corrected chi connectivity index (χ4v) is 5.91. The van der Waals surface area contributed by atoms with Crippen LogP contribution in [-0.2, 0) is 16.6 Å². The van der Waals surface area contributed by atoms with Crippen LogP contribution in [0.3, 0.4) is 0 Å². The number of pyridine rings is 1. The molecule has 0 spiro atoms. The molecule has 0 aliphatic carbocycles. The summed E-state index contributed by atoms with van der Waals surface area (Å²) >= 11 is 6.06. The van der Waals surface area contributed by atoms with E-state index >= 15 is 0 Å². The van der Waals surface area contributed by atoms with Gasteiger partial charge in [-0.2, -0.15) is 4.31 Å². The lowest BCUT2D eigenvalue weighted by molar-refractivity contribution is 0.245. The number of ether oxygens (including phenoxy) is 1. The summed E-state index contributed by atoms with van der Waals surface area (Å²) in [6, 6.07) is 8.47. The van der Waals surface area contributed by atoms with Crippen molar-refractivity contribution in [3.63, 3.8) is 0 Å². The van der Waals surface area contributed by atoms with E-state index in [2.05, 4.69) is 14.5 Å². The first-order valence-electron chi connectivity index (χ1n) is 9.51. The van der Waals surface area contributed by atoms with E-state index in [0.29, 0.717) is 30.4 Å². The number of aromatic nitrogens is 3. The Labute approximate surface area is 175 Å². The standard InChI is InChI=1S/C20H23ClN4O3S/c1-14-23-17-6-3-9-22-20(17)25(14)13-15-5-4-10-24(12-15)29(26,27)19-11-16(21)7-8-18(19)28-2/h3,6-9,11,15H,4-5,10,12-13H2,1-2H3. The second kappa shape index (κ2) is 7.93. The minimum atomic E-state index is -3.71. The SMILES string of the molecule is COc1ccc(Cl)cc1S(=O)(=O)N1CCCC(Cn2c(C)nc3cccnc32)C1. The molecule has 1 fully saturated rings. The lowest BCUT2D eigenvalue weighted by atomic mass is 9.99. The summed E-state index contributed by atoms with van der Waals surface area (Å²) in [4.78, 5) is 9.13. The first kappa shape index (κ1) is 20.1. The summed E-state index contributed by atoms with van der Waals surface area (Å²) < 4.78 is 35.5. The third-order valence-corrected chi connectivity index (χ3v) is 7.48. The van der Waals surface area contributed by atoms with Gasteiger partial charge in [-0.3, -0.25) is 0 Å². The van der Waals surface area contributed by atoms with Crippen LogP contribution in [0.2, 0.25) is 5.02 Å². The molecule has 0 N–H and O–H groups in total. The number of halogens is 1. The fourth-order valence-electron chi connectivity index (χ4n) is 3.93. The van der Waals surface area contributed by atoms with Crippen molar-refractivity contribution in [3.05, 3.63) is 47.4 Å². The maximum atomic E-state index is 13.3. The molecule has 1 aliphatic heterocycles. The highest BCUT2D eigenvalue weighted by Crippen LogP contribution is 2.32. The molecule has 1 saturated heterocycles. The molecule has 0 radical (unpaired) electrons. The molecule has 1 unspecified atom stereocenters. The van der Waals surface area contributed by atoms with Crippen molar-refractivity contribution in [2.75, 3.05) is 20.2 Å². The Balaban J connectivity index is 1.60. The van der Waals surface area contributed by atoms with Crippen LogP contribution in [0.1, 0.15) is 18.7 Å². The molecular weight excluding hydrogens is 412 g/mol. The number of nitrogens with zero attached hydrogens (tertiary/aromatic N) is 4. The lowest BCUT2D eigenvalue weighted by Crippen LogP contribution is -2.41. The van der Waals surface area contributed by atoms with Crippen LogP contribution in [0.4, 0.5) is 0 Å². The molecule has 2 aromatic heterocycles. The quantitative estimate of drug-likeness (QED) is 0.614. The van der Waals surface area contributed by atoms with Gasteiger partial charge in [0.05, 0.1) is 7.11 Å². The normalized spacial score (nSPS) is 18.2. The summed E-state index contributed by atoms with van der Waals surface area (Å²) in [5.41, 5.74) is 1.69. The second-order valence-corrected chi connectivity index (χ2v) is 9.63. The zero-order chi connectivity index (χ0) is 20.6. The number of hydrogen-bond acceptors (Lipinski definition) is 5. The Morgan fingerprint density at radius 3 is 2.93 bits per heavy atom. The first-order valence-corrected chi connectivity index (χ1v) is 11.3. The minimum absolute atomic E-state index is 0.110. The van der Waals surface area contributed by atoms with Gasteiger partial charge in [-0.05, 0) is 56.0 Å². The van der Waals surface area contributed by atoms with Gasteiger partial charge in [0.15, 0.2) is 5.65 Å². The van der Waals surface area contributed by atoms with Gasteiger partial charge in [0, 0.05) is 30.9 Å². The van der Waals surface area contributed by atoms with Gasteiger partial charge in [0.1, 0.15) is 22.0 Å². The van der Waals surface area contributed by atoms with E-state index in [1.54, 1.807) is 18.3 Å². The van der Waals surface area contributed by atoms with Gasteiger partial charge in [0.2, 0.25) is 10.0 Å². The highest BCUT2D eigenvalue weighted by molar-refractivity contribution is 7.89. The largest absolute Gasteiger partial charge is 0.495 e. The Hall–Kier alpha value is -2.16. The number of piperidine rings is 1. The van der Waals surface area contributed by atoms with Gasteiger partial charge in [-0.25, -0.2) is 18.4 Å². The van der Waals surface area contributed by atoms with Gasteiger partial charge < -0.3 is 9.30 Å². The Kier molecular flexibility index (Phi) is 5.50. The summed E-state index contributed by atoms with van der Waals surface area (Å²) in [5, 5.41) is 0.365. The number of benzene rings is 1. The van der Waals surface area contributed by atoms with Crippen molar-refractivity contribution >= 4 is 32.8 Å². The number of hydrogen-bond donors (Lipinski definition) is 0. The summed E-state index contributed by atoms with van der Waals surface area (Å²) in [6.07, 6.45) is 3.50. The zero-order valence-electron chi connectivity index (χ0n) is 16.4. The Morgan fingerprint density at radius 1 is 1.31 bits per heavy atom. The van der Waals surface area contributed by atoms with E-state index in [4.69, 9.17) is 16.3 Å². The maximum Gasteiger partial charge on any atom is 0.246 e. The minimum Gasteiger partial charge on any atom is -0.495 e. The molecular formula is C20H23ClN4O3S. The Bertz CT molecular complexity index is 1150. The average molecular weight is 435 g/mol. The molecule has 29 heavy (non-hydrogen) atoms. The van der Waals surface area contributed by atoms with Crippen LogP contribution in [0.5, 0.6) is 5.75 Å². The summed E-state index contributed by atoms with van der Waals surface area (Å²) in [6.45, 7) is 3.55. The molecule has 4 rings (SSSR count). The predicted octanol–water partition coefficient (Wildman–Crippen LogP) is 3.50. The van der Waals surface area contributed by atoms with Crippen molar-refractivity contribution < 1.29 is 13.2 Å². The summed E-state index contributed by atoms with van der Waals surface area (Å²) in [5.74, 6) is 1.36. The number of methoxy groups -OCH3 is 1. The number of aryl methyl sites for hydroxylation is 1. The third-order valence-electron chi connectivity index (χ3n) is 5.36. The zero-order valence-corrected chi connectivity index (χ0v) is 17.9. The van der Waals surface area contributed by atoms with E-state index in [9.17, 15) is 8.42 Å². The number of fused-ring (bicyclic) bond motifs is 1. The molecule has 0 amide bonds. The lowest BCUT2D eigenvalue weighted by Gasteiger charge is -2.32. The van der Waals surface area contributed by atoms with Crippen LogP contribution >= 0.6 is 11.6 Å². The molecule has 3 aromatic rings. The van der Waals surface area contributed by atoms with E-state index < -0.39 is 10.0 Å². The van der Waals surface area contributed by atoms with Gasteiger partial charge >= 0.3 is 0 Å². The van der Waals surface area contributed by atoms with Crippen molar-refractivity contribution in [1.82, 2.24) is 18.8 Å². The van der Waals surface area contributed by atoms with E-state index in [-0.39, 0.29) is 10.8 Å². The van der Waals surface area contributed by atoms with Crippen LogP contribution in [-0.4, -0.2) is 47.5 Å². The molecule has 3 heterocycles. The number of imidazole rings is 1. The van der Waals surface area contributed by atoms with E-state index in [1.807, 2.05) is 19.1 Å². The fraction of sp³-hybridized carbons (Fsp3) is 0.400. The maximum absolute atomic E-state index is 13.3. The van der Waals surface area contributed by atoms with Crippen LogP contribution < -0.4 is 4.74 Å². The smallest absolute Gasteiger partial charge is 0.246 e. The van der Waals surface area contributed by atoms with E-state index in [0.717, 1.165) is 29.8 Å².